The summed E-state index contributed by atoms with van der Waals surface area (Å²) in [6.45, 7) is 28.0. The van der Waals surface area contributed by atoms with Crippen molar-refractivity contribution in [1.29, 1.82) is 0 Å². The lowest BCUT2D eigenvalue weighted by atomic mass is 9.34. The Morgan fingerprint density at radius 3 is 1.35 bits per heavy atom. The Bertz CT molecular complexity index is 2300. The third-order valence-corrected chi connectivity index (χ3v) is 11.7. The maximum atomic E-state index is 6.74. The third kappa shape index (κ3) is 6.50. The minimum absolute atomic E-state index is 0.0232. The fraction of sp³-hybridized carbons (Fsp3) is 0.308. The minimum atomic E-state index is -0.0232. The van der Waals surface area contributed by atoms with Gasteiger partial charge in [-0.25, -0.2) is 0 Å². The lowest BCUT2D eigenvalue weighted by Gasteiger charge is -2.41. The Morgan fingerprint density at radius 2 is 0.836 bits per heavy atom. The summed E-state index contributed by atoms with van der Waals surface area (Å²) in [4.78, 5) is 2.56. The van der Waals surface area contributed by atoms with Crippen LogP contribution in [0.5, 0.6) is 11.5 Å². The maximum absolute atomic E-state index is 6.74. The molecule has 6 aromatic carbocycles. The molecular weight excluding hydrogens is 665 g/mol. The van der Waals surface area contributed by atoms with Crippen LogP contribution in [0.1, 0.15) is 105 Å². The molecule has 55 heavy (non-hydrogen) atoms. The molecule has 0 fully saturated rings. The summed E-state index contributed by atoms with van der Waals surface area (Å²) in [7, 11) is 0. The van der Waals surface area contributed by atoms with Crippen LogP contribution in [0.3, 0.4) is 0 Å². The van der Waals surface area contributed by atoms with E-state index in [-0.39, 0.29) is 28.4 Å². The summed E-state index contributed by atoms with van der Waals surface area (Å²) in [5.41, 5.74) is 17.5. The molecule has 2 aliphatic heterocycles. The summed E-state index contributed by atoms with van der Waals surface area (Å²) in [5, 5.41) is 0. The first-order chi connectivity index (χ1) is 25.8. The first-order valence-electron chi connectivity index (χ1n) is 20.1. The normalized spacial score (nSPS) is 13.9. The molecule has 2 nitrogen and oxygen atoms in total. The van der Waals surface area contributed by atoms with Crippen molar-refractivity contribution in [3.63, 3.8) is 0 Å². The molecule has 2 aliphatic rings. The van der Waals surface area contributed by atoms with Crippen LogP contribution >= 0.6 is 0 Å². The zero-order valence-corrected chi connectivity index (χ0v) is 35.0. The Morgan fingerprint density at radius 1 is 0.418 bits per heavy atom. The molecule has 0 unspecified atom stereocenters. The van der Waals surface area contributed by atoms with Crippen LogP contribution in [0.2, 0.25) is 0 Å². The van der Waals surface area contributed by atoms with Crippen LogP contribution < -0.4 is 26.0 Å². The third-order valence-electron chi connectivity index (χ3n) is 11.7. The van der Waals surface area contributed by atoms with Gasteiger partial charge in [0.05, 0.1) is 5.69 Å². The van der Waals surface area contributed by atoms with Gasteiger partial charge in [0.15, 0.2) is 0 Å². The molecule has 0 atom stereocenters. The van der Waals surface area contributed by atoms with E-state index in [1.807, 2.05) is 0 Å². The zero-order valence-electron chi connectivity index (χ0n) is 35.0. The van der Waals surface area contributed by atoms with E-state index in [0.29, 0.717) is 0 Å². The van der Waals surface area contributed by atoms with Crippen molar-refractivity contribution in [2.75, 3.05) is 4.90 Å². The number of ether oxygens (including phenoxy) is 1. The molecule has 0 saturated carbocycles. The van der Waals surface area contributed by atoms with Crippen molar-refractivity contribution in [2.24, 2.45) is 0 Å². The summed E-state index contributed by atoms with van der Waals surface area (Å²) in [6, 6.07) is 45.8. The van der Waals surface area contributed by atoms with Crippen LogP contribution in [-0.2, 0) is 21.7 Å². The van der Waals surface area contributed by atoms with Crippen molar-refractivity contribution >= 4 is 40.2 Å². The quantitative estimate of drug-likeness (QED) is 0.168. The van der Waals surface area contributed by atoms with Gasteiger partial charge in [-0.3, -0.25) is 0 Å². The topological polar surface area (TPSA) is 12.5 Å². The van der Waals surface area contributed by atoms with E-state index >= 15 is 0 Å². The molecule has 278 valence electrons. The minimum Gasteiger partial charge on any atom is -0.458 e. The number of nitrogens with zero attached hydrogens (tertiary/aromatic N) is 1. The second-order valence-electron chi connectivity index (χ2n) is 20.0. The van der Waals surface area contributed by atoms with Gasteiger partial charge < -0.3 is 9.64 Å². The average Bonchev–Trinajstić information content (AvgIpc) is 3.12. The Kier molecular flexibility index (Phi) is 8.58. The molecule has 0 spiro atoms. The number of hydrogen-bond acceptors (Lipinski definition) is 2. The van der Waals surface area contributed by atoms with E-state index in [2.05, 4.69) is 209 Å². The van der Waals surface area contributed by atoms with E-state index in [4.69, 9.17) is 4.74 Å². The van der Waals surface area contributed by atoms with Gasteiger partial charge in [0.25, 0.3) is 6.71 Å². The molecule has 0 N–H and O–H groups in total. The molecule has 0 radical (unpaired) electrons. The smallest absolute Gasteiger partial charge is 0.256 e. The Balaban J connectivity index is 1.51. The highest BCUT2D eigenvalue weighted by Crippen LogP contribution is 2.50. The largest absolute Gasteiger partial charge is 0.458 e. The van der Waals surface area contributed by atoms with Gasteiger partial charge in [0.2, 0.25) is 0 Å². The van der Waals surface area contributed by atoms with Gasteiger partial charge in [0.1, 0.15) is 11.5 Å². The molecule has 2 heterocycles. The lowest BCUT2D eigenvalue weighted by molar-refractivity contribution is 0.487. The van der Waals surface area contributed by atoms with E-state index < -0.39 is 0 Å². The fourth-order valence-electron chi connectivity index (χ4n) is 8.37. The van der Waals surface area contributed by atoms with Crippen molar-refractivity contribution in [2.45, 2.75) is 105 Å². The molecule has 8 rings (SSSR count). The number of benzene rings is 6. The summed E-state index contributed by atoms with van der Waals surface area (Å²) >= 11 is 0. The Hall–Kier alpha value is -5.02. The van der Waals surface area contributed by atoms with Crippen LogP contribution in [-0.4, -0.2) is 6.71 Å². The first kappa shape index (κ1) is 36.9. The molecule has 6 aromatic rings. The summed E-state index contributed by atoms with van der Waals surface area (Å²) in [5.74, 6) is 1.86. The molecule has 0 bridgehead atoms. The fourth-order valence-corrected chi connectivity index (χ4v) is 8.37. The lowest BCUT2D eigenvalue weighted by Crippen LogP contribution is -2.59. The molecule has 0 saturated heterocycles. The van der Waals surface area contributed by atoms with E-state index in [1.165, 1.54) is 72.3 Å². The van der Waals surface area contributed by atoms with Crippen molar-refractivity contribution in [1.82, 2.24) is 0 Å². The number of hydrogen-bond donors (Lipinski definition) is 0. The van der Waals surface area contributed by atoms with E-state index in [0.717, 1.165) is 17.2 Å². The first-order valence-corrected chi connectivity index (χ1v) is 20.1. The predicted molar refractivity (Wildman–Crippen MR) is 238 cm³/mol. The van der Waals surface area contributed by atoms with Gasteiger partial charge in [-0.15, -0.1) is 0 Å². The highest BCUT2D eigenvalue weighted by molar-refractivity contribution is 6.99. The highest BCUT2D eigenvalue weighted by atomic mass is 16.5. The highest BCUT2D eigenvalue weighted by Gasteiger charge is 2.42. The van der Waals surface area contributed by atoms with Gasteiger partial charge in [0, 0.05) is 22.5 Å². The SMILES string of the molecule is CC(C)(C)c1cc(-c2cccc(-c3cc(C(C)(C)C)cc(C(C)(C)C)c3)c2N2c3ccccc3B3c4ccccc4Oc4cccc2c43)cc(C(C)(C)C)c1. The average molecular weight is 722 g/mol. The van der Waals surface area contributed by atoms with E-state index in [9.17, 15) is 0 Å². The van der Waals surface area contributed by atoms with Gasteiger partial charge in [-0.05, 0) is 95.7 Å². The van der Waals surface area contributed by atoms with Crippen molar-refractivity contribution in [3.8, 4) is 33.8 Å². The van der Waals surface area contributed by atoms with Crippen LogP contribution in [0.15, 0.2) is 121 Å². The van der Waals surface area contributed by atoms with Crippen molar-refractivity contribution < 1.29 is 4.74 Å². The number of anilines is 3. The molecule has 3 heteroatoms. The van der Waals surface area contributed by atoms with Gasteiger partial charge >= 0.3 is 0 Å². The molecule has 0 amide bonds. The monoisotopic (exact) mass is 721 g/mol. The maximum Gasteiger partial charge on any atom is 0.256 e. The van der Waals surface area contributed by atoms with E-state index in [1.54, 1.807) is 0 Å². The molecular formula is C52H56BNO. The standard InChI is InChI=1S/C52H56BNO/c1-49(2,3)35-27-33(28-36(31-35)50(4,5)6)39-19-17-20-40(34-29-37(51(7,8)9)32-38(30-34)52(10,11)12)48(39)54-43-23-15-13-21-41(43)53-42-22-14-16-25-45(42)55-46-26-18-24-44(54)47(46)53/h13-32H,1-12H3. The summed E-state index contributed by atoms with van der Waals surface area (Å²) < 4.78 is 6.74. The predicted octanol–water partition coefficient (Wildman–Crippen LogP) is 12.6. The number of fused-ring (bicyclic) bond motifs is 4. The zero-order chi connectivity index (χ0) is 39.2. The van der Waals surface area contributed by atoms with Gasteiger partial charge in [-0.2, -0.15) is 0 Å². The second-order valence-corrected chi connectivity index (χ2v) is 20.0. The molecule has 0 aliphatic carbocycles. The van der Waals surface area contributed by atoms with Crippen molar-refractivity contribution in [3.05, 3.63) is 144 Å². The van der Waals surface area contributed by atoms with Crippen LogP contribution in [0, 0.1) is 0 Å². The summed E-state index contributed by atoms with van der Waals surface area (Å²) in [6.07, 6.45) is 0. The number of para-hydroxylation sites is 3. The Labute approximate surface area is 330 Å². The van der Waals surface area contributed by atoms with Gasteiger partial charge in [-0.1, -0.05) is 180 Å². The van der Waals surface area contributed by atoms with Crippen LogP contribution in [0.4, 0.5) is 17.1 Å². The molecule has 0 aromatic heterocycles. The second kappa shape index (κ2) is 12.8. The van der Waals surface area contributed by atoms with Crippen LogP contribution in [0.25, 0.3) is 22.3 Å². The number of rotatable bonds is 3.